The van der Waals surface area contributed by atoms with Crippen LogP contribution in [0, 0.1) is 23.7 Å². The van der Waals surface area contributed by atoms with E-state index in [9.17, 15) is 0 Å². The zero-order valence-corrected chi connectivity index (χ0v) is 26.1. The number of hydrogen-bond acceptors (Lipinski definition) is 4. The van der Waals surface area contributed by atoms with Gasteiger partial charge in [-0.1, -0.05) is 91.0 Å². The third-order valence-corrected chi connectivity index (χ3v) is 12.1. The third-order valence-electron chi connectivity index (χ3n) is 12.1. The van der Waals surface area contributed by atoms with Crippen molar-refractivity contribution in [1.82, 2.24) is 15.0 Å². The smallest absolute Gasteiger partial charge is 0.164 e. The number of rotatable bonds is 3. The highest BCUT2D eigenvalue weighted by Gasteiger charge is 2.62. The van der Waals surface area contributed by atoms with Crippen LogP contribution in [0.1, 0.15) is 43.2 Å². The first-order valence-electron chi connectivity index (χ1n) is 17.2. The number of aromatic nitrogens is 3. The Bertz CT molecular complexity index is 2360. The standard InChI is InChI=1S/C43H33N3O/c1-2-9-27(10-3-1)40-44-41(28-17-18-38-35(24-28)32-12-5-7-16-37(32)47-38)46-42(45-40)34-14-8-13-33-31-11-4-6-15-36(31)43(39(33)34)29-20-25-19-26(22-29)23-30(43)21-25/h1-18,24-26,29-30H,19-23H2. The maximum atomic E-state index is 6.17. The average Bonchev–Trinajstić information content (AvgIpc) is 3.64. The molecule has 47 heavy (non-hydrogen) atoms. The molecule has 4 saturated carbocycles. The zero-order chi connectivity index (χ0) is 30.7. The van der Waals surface area contributed by atoms with Gasteiger partial charge in [0.05, 0.1) is 0 Å². The van der Waals surface area contributed by atoms with Crippen LogP contribution in [0.25, 0.3) is 67.2 Å². The summed E-state index contributed by atoms with van der Waals surface area (Å²) in [6.07, 6.45) is 6.79. The summed E-state index contributed by atoms with van der Waals surface area (Å²) in [5, 5.41) is 2.18. The number of furan rings is 1. The first-order chi connectivity index (χ1) is 23.2. The van der Waals surface area contributed by atoms with Crippen molar-refractivity contribution in [2.75, 3.05) is 0 Å². The summed E-state index contributed by atoms with van der Waals surface area (Å²) in [4.78, 5) is 15.8. The van der Waals surface area contributed by atoms with E-state index in [0.29, 0.717) is 23.5 Å². The average molecular weight is 608 g/mol. The Kier molecular flexibility index (Phi) is 5.25. The molecule has 5 aliphatic carbocycles. The lowest BCUT2D eigenvalue weighted by Gasteiger charge is -2.61. The molecule has 4 heteroatoms. The topological polar surface area (TPSA) is 51.8 Å². The molecule has 7 aromatic rings. The van der Waals surface area contributed by atoms with Gasteiger partial charge in [-0.05, 0) is 102 Å². The van der Waals surface area contributed by atoms with Crippen molar-refractivity contribution >= 4 is 21.9 Å². The molecule has 5 aliphatic rings. The number of nitrogens with zero attached hydrogens (tertiary/aromatic N) is 3. The maximum absolute atomic E-state index is 6.17. The predicted molar refractivity (Wildman–Crippen MR) is 187 cm³/mol. The highest BCUT2D eigenvalue weighted by molar-refractivity contribution is 6.06. The lowest BCUT2D eigenvalue weighted by atomic mass is 9.43. The van der Waals surface area contributed by atoms with Crippen LogP contribution in [-0.2, 0) is 5.41 Å². The summed E-state index contributed by atoms with van der Waals surface area (Å²) in [5.74, 6) is 5.25. The Balaban J connectivity index is 1.17. The SMILES string of the molecule is c1ccc(-c2nc(-c3ccc4oc5ccccc5c4c3)nc(-c3cccc4c3C3(c5ccccc5-4)C4CC5CC(C4)CC3C5)n2)cc1. The Morgan fingerprint density at radius 2 is 1.13 bits per heavy atom. The summed E-state index contributed by atoms with van der Waals surface area (Å²) in [7, 11) is 0. The quantitative estimate of drug-likeness (QED) is 0.201. The molecule has 2 aromatic heterocycles. The fraction of sp³-hybridized carbons (Fsp3) is 0.233. The number of para-hydroxylation sites is 1. The molecule has 4 fully saturated rings. The predicted octanol–water partition coefficient (Wildman–Crippen LogP) is 10.5. The molecule has 0 amide bonds. The van der Waals surface area contributed by atoms with Crippen LogP contribution < -0.4 is 0 Å². The normalized spacial score (nSPS) is 25.1. The minimum Gasteiger partial charge on any atom is -0.456 e. The van der Waals surface area contributed by atoms with Crippen LogP contribution in [0.4, 0.5) is 0 Å². The van der Waals surface area contributed by atoms with Crippen LogP contribution in [0.5, 0.6) is 0 Å². The number of fused-ring (bicyclic) bond motifs is 6. The van der Waals surface area contributed by atoms with Gasteiger partial charge in [-0.2, -0.15) is 0 Å². The molecule has 226 valence electrons. The van der Waals surface area contributed by atoms with Gasteiger partial charge in [-0.3, -0.25) is 0 Å². The monoisotopic (exact) mass is 607 g/mol. The lowest BCUT2D eigenvalue weighted by Crippen LogP contribution is -2.55. The molecule has 0 unspecified atom stereocenters. The molecule has 5 aromatic carbocycles. The van der Waals surface area contributed by atoms with Crippen LogP contribution >= 0.6 is 0 Å². The fourth-order valence-corrected chi connectivity index (χ4v) is 10.6. The van der Waals surface area contributed by atoms with Crippen molar-refractivity contribution in [2.24, 2.45) is 23.7 Å². The van der Waals surface area contributed by atoms with Gasteiger partial charge in [0, 0.05) is 32.9 Å². The van der Waals surface area contributed by atoms with Crippen molar-refractivity contribution in [3.8, 4) is 45.3 Å². The first kappa shape index (κ1) is 26.0. The molecule has 0 aliphatic heterocycles. The van der Waals surface area contributed by atoms with Crippen LogP contribution in [0.3, 0.4) is 0 Å². The Morgan fingerprint density at radius 3 is 1.96 bits per heavy atom. The van der Waals surface area contributed by atoms with E-state index in [2.05, 4.69) is 97.1 Å². The highest BCUT2D eigenvalue weighted by atomic mass is 16.3. The molecular formula is C43H33N3O. The van der Waals surface area contributed by atoms with Crippen molar-refractivity contribution in [1.29, 1.82) is 0 Å². The fourth-order valence-electron chi connectivity index (χ4n) is 10.6. The van der Waals surface area contributed by atoms with E-state index >= 15 is 0 Å². The molecule has 0 atom stereocenters. The summed E-state index contributed by atoms with van der Waals surface area (Å²) in [5.41, 5.74) is 10.7. The Hall–Kier alpha value is -5.09. The third kappa shape index (κ3) is 3.56. The largest absolute Gasteiger partial charge is 0.456 e. The second-order valence-electron chi connectivity index (χ2n) is 14.4. The molecule has 0 N–H and O–H groups in total. The second kappa shape index (κ2) is 9.48. The minimum atomic E-state index is 0.0181. The van der Waals surface area contributed by atoms with E-state index in [1.807, 2.05) is 18.2 Å². The van der Waals surface area contributed by atoms with E-state index < -0.39 is 0 Å². The second-order valence-corrected chi connectivity index (χ2v) is 14.4. The molecule has 2 heterocycles. The van der Waals surface area contributed by atoms with Crippen molar-refractivity contribution in [2.45, 2.75) is 37.5 Å². The lowest BCUT2D eigenvalue weighted by molar-refractivity contribution is -0.0397. The molecule has 0 radical (unpaired) electrons. The van der Waals surface area contributed by atoms with Gasteiger partial charge in [-0.15, -0.1) is 0 Å². The van der Waals surface area contributed by atoms with Gasteiger partial charge in [0.15, 0.2) is 17.5 Å². The van der Waals surface area contributed by atoms with E-state index in [-0.39, 0.29) is 5.41 Å². The van der Waals surface area contributed by atoms with Gasteiger partial charge >= 0.3 is 0 Å². The van der Waals surface area contributed by atoms with Gasteiger partial charge < -0.3 is 4.42 Å². The highest BCUT2D eigenvalue weighted by Crippen LogP contribution is 2.70. The Labute approximate surface area is 273 Å². The summed E-state index contributed by atoms with van der Waals surface area (Å²) < 4.78 is 6.17. The molecule has 4 nitrogen and oxygen atoms in total. The van der Waals surface area contributed by atoms with Crippen molar-refractivity contribution in [3.63, 3.8) is 0 Å². The van der Waals surface area contributed by atoms with Crippen LogP contribution in [0.2, 0.25) is 0 Å². The first-order valence-corrected chi connectivity index (χ1v) is 17.2. The van der Waals surface area contributed by atoms with E-state index in [1.165, 1.54) is 54.4 Å². The molecule has 4 bridgehead atoms. The van der Waals surface area contributed by atoms with Gasteiger partial charge in [0.25, 0.3) is 0 Å². The number of hydrogen-bond donors (Lipinski definition) is 0. The Morgan fingerprint density at radius 1 is 0.489 bits per heavy atom. The maximum Gasteiger partial charge on any atom is 0.164 e. The van der Waals surface area contributed by atoms with Crippen LogP contribution in [-0.4, -0.2) is 15.0 Å². The van der Waals surface area contributed by atoms with E-state index in [4.69, 9.17) is 19.4 Å². The van der Waals surface area contributed by atoms with Gasteiger partial charge in [0.1, 0.15) is 11.2 Å². The van der Waals surface area contributed by atoms with E-state index in [0.717, 1.165) is 50.7 Å². The zero-order valence-electron chi connectivity index (χ0n) is 26.1. The van der Waals surface area contributed by atoms with Crippen LogP contribution in [0.15, 0.2) is 120 Å². The van der Waals surface area contributed by atoms with Crippen molar-refractivity contribution in [3.05, 3.63) is 126 Å². The molecule has 12 rings (SSSR count). The number of benzene rings is 5. The van der Waals surface area contributed by atoms with Gasteiger partial charge in [-0.25, -0.2) is 15.0 Å². The molecule has 0 saturated heterocycles. The molecule has 1 spiro atoms. The van der Waals surface area contributed by atoms with E-state index in [1.54, 1.807) is 5.56 Å². The summed E-state index contributed by atoms with van der Waals surface area (Å²) in [6, 6.07) is 41.0. The summed E-state index contributed by atoms with van der Waals surface area (Å²) in [6.45, 7) is 0. The van der Waals surface area contributed by atoms with Gasteiger partial charge in [0.2, 0.25) is 0 Å². The minimum absolute atomic E-state index is 0.0181. The van der Waals surface area contributed by atoms with Crippen molar-refractivity contribution < 1.29 is 4.42 Å². The summed E-state index contributed by atoms with van der Waals surface area (Å²) >= 11 is 0. The molecular weight excluding hydrogens is 574 g/mol.